The minimum atomic E-state index is -3.78. The van der Waals surface area contributed by atoms with Gasteiger partial charge in [0.15, 0.2) is 0 Å². The molecule has 0 saturated carbocycles. The van der Waals surface area contributed by atoms with Crippen LogP contribution in [0.1, 0.15) is 28.8 Å². The van der Waals surface area contributed by atoms with Gasteiger partial charge in [-0.2, -0.15) is 0 Å². The summed E-state index contributed by atoms with van der Waals surface area (Å²) in [6.07, 6.45) is 3.08. The van der Waals surface area contributed by atoms with Crippen LogP contribution < -0.4 is 10.0 Å². The van der Waals surface area contributed by atoms with E-state index in [9.17, 15) is 18.0 Å². The van der Waals surface area contributed by atoms with Crippen molar-refractivity contribution in [3.8, 4) is 0 Å². The molecule has 1 aliphatic heterocycles. The molecule has 0 bridgehead atoms. The van der Waals surface area contributed by atoms with E-state index in [4.69, 9.17) is 0 Å². The molecule has 1 atom stereocenters. The zero-order valence-corrected chi connectivity index (χ0v) is 18.3. The Balaban J connectivity index is 1.73. The average molecular weight is 442 g/mol. The minimum Gasteiger partial charge on any atom is -0.352 e. The summed E-state index contributed by atoms with van der Waals surface area (Å²) in [5, 5.41) is 2.78. The van der Waals surface area contributed by atoms with Crippen LogP contribution in [0.15, 0.2) is 66.1 Å². The van der Waals surface area contributed by atoms with Gasteiger partial charge >= 0.3 is 0 Å². The predicted octanol–water partition coefficient (Wildman–Crippen LogP) is 2.95. The number of nitrogens with zero attached hydrogens (tertiary/aromatic N) is 1. The lowest BCUT2D eigenvalue weighted by Crippen LogP contribution is -2.45. The SMILES string of the molecule is C=CCNC(=O)C1CCCN(C(=O)c2cccc(NS(=O)(=O)c3ccccc3C)c2)C1. The molecule has 2 aromatic rings. The third kappa shape index (κ3) is 5.52. The van der Waals surface area contributed by atoms with Crippen LogP contribution in [0.25, 0.3) is 0 Å². The maximum atomic E-state index is 13.0. The Morgan fingerprint density at radius 2 is 1.97 bits per heavy atom. The molecule has 1 heterocycles. The Morgan fingerprint density at radius 3 is 2.71 bits per heavy atom. The molecular formula is C23H27N3O4S. The number of hydrogen-bond acceptors (Lipinski definition) is 4. The van der Waals surface area contributed by atoms with Gasteiger partial charge in [0, 0.05) is 30.9 Å². The van der Waals surface area contributed by atoms with Gasteiger partial charge in [-0.1, -0.05) is 30.3 Å². The first kappa shape index (κ1) is 22.6. The molecule has 1 saturated heterocycles. The molecule has 7 nitrogen and oxygen atoms in total. The maximum Gasteiger partial charge on any atom is 0.262 e. The third-order valence-electron chi connectivity index (χ3n) is 5.24. The Hall–Kier alpha value is -3.13. The normalized spacial score (nSPS) is 16.4. The van der Waals surface area contributed by atoms with Gasteiger partial charge in [-0.05, 0) is 49.6 Å². The van der Waals surface area contributed by atoms with Crippen LogP contribution in [0.3, 0.4) is 0 Å². The monoisotopic (exact) mass is 441 g/mol. The summed E-state index contributed by atoms with van der Waals surface area (Å²) in [4.78, 5) is 27.1. The van der Waals surface area contributed by atoms with Crippen molar-refractivity contribution >= 4 is 27.5 Å². The standard InChI is InChI=1S/C23H27N3O4S/c1-3-13-24-22(27)19-10-7-14-26(16-19)23(28)18-9-6-11-20(15-18)25-31(29,30)21-12-5-4-8-17(21)2/h3-6,8-9,11-12,15,19,25H,1,7,10,13-14,16H2,2H3,(H,24,27). The quantitative estimate of drug-likeness (QED) is 0.646. The second-order valence-corrected chi connectivity index (χ2v) is 9.23. The largest absolute Gasteiger partial charge is 0.352 e. The highest BCUT2D eigenvalue weighted by atomic mass is 32.2. The third-order valence-corrected chi connectivity index (χ3v) is 6.79. The molecule has 1 unspecified atom stereocenters. The number of sulfonamides is 1. The summed E-state index contributed by atoms with van der Waals surface area (Å²) in [6.45, 7) is 6.61. The number of anilines is 1. The Morgan fingerprint density at radius 1 is 1.19 bits per heavy atom. The molecular weight excluding hydrogens is 414 g/mol. The van der Waals surface area contributed by atoms with Gasteiger partial charge in [0.25, 0.3) is 15.9 Å². The Labute approximate surface area is 183 Å². The van der Waals surface area contributed by atoms with Crippen molar-refractivity contribution < 1.29 is 18.0 Å². The van der Waals surface area contributed by atoms with Crippen LogP contribution in [0.2, 0.25) is 0 Å². The zero-order valence-electron chi connectivity index (χ0n) is 17.5. The number of piperidine rings is 1. The first-order valence-corrected chi connectivity index (χ1v) is 11.7. The van der Waals surface area contributed by atoms with E-state index in [0.717, 1.165) is 12.8 Å². The summed E-state index contributed by atoms with van der Waals surface area (Å²) in [6, 6.07) is 13.1. The number of amides is 2. The number of carbonyl (C=O) groups excluding carboxylic acids is 2. The van der Waals surface area contributed by atoms with E-state index < -0.39 is 10.0 Å². The van der Waals surface area contributed by atoms with Crippen LogP contribution >= 0.6 is 0 Å². The van der Waals surface area contributed by atoms with Gasteiger partial charge in [0.1, 0.15) is 0 Å². The molecule has 2 aromatic carbocycles. The topological polar surface area (TPSA) is 95.6 Å². The van der Waals surface area contributed by atoms with Crippen molar-refractivity contribution in [1.82, 2.24) is 10.2 Å². The second-order valence-electron chi connectivity index (χ2n) is 7.58. The number of benzene rings is 2. The summed E-state index contributed by atoms with van der Waals surface area (Å²) in [7, 11) is -3.78. The first-order chi connectivity index (χ1) is 14.8. The lowest BCUT2D eigenvalue weighted by molar-refractivity contribution is -0.126. The van der Waals surface area contributed by atoms with E-state index >= 15 is 0 Å². The molecule has 3 rings (SSSR count). The fraction of sp³-hybridized carbons (Fsp3) is 0.304. The van der Waals surface area contributed by atoms with Gasteiger partial charge in [0.2, 0.25) is 5.91 Å². The first-order valence-electron chi connectivity index (χ1n) is 10.2. The number of nitrogens with one attached hydrogen (secondary N) is 2. The summed E-state index contributed by atoms with van der Waals surface area (Å²) < 4.78 is 28.1. The van der Waals surface area contributed by atoms with Crippen LogP contribution in [0, 0.1) is 12.8 Å². The van der Waals surface area contributed by atoms with E-state index in [1.54, 1.807) is 54.3 Å². The van der Waals surface area contributed by atoms with E-state index in [2.05, 4.69) is 16.6 Å². The summed E-state index contributed by atoms with van der Waals surface area (Å²) in [5.41, 5.74) is 1.32. The molecule has 31 heavy (non-hydrogen) atoms. The van der Waals surface area contributed by atoms with Crippen molar-refractivity contribution in [2.45, 2.75) is 24.7 Å². The second kappa shape index (κ2) is 9.78. The molecule has 0 spiro atoms. The Kier molecular flexibility index (Phi) is 7.12. The van der Waals surface area contributed by atoms with Crippen LogP contribution in [0.4, 0.5) is 5.69 Å². The number of carbonyl (C=O) groups is 2. The van der Waals surface area contributed by atoms with Gasteiger partial charge in [0.05, 0.1) is 10.8 Å². The van der Waals surface area contributed by atoms with Gasteiger partial charge in [-0.3, -0.25) is 14.3 Å². The lowest BCUT2D eigenvalue weighted by Gasteiger charge is -2.32. The van der Waals surface area contributed by atoms with Crippen molar-refractivity contribution in [3.63, 3.8) is 0 Å². The molecule has 0 radical (unpaired) electrons. The van der Waals surface area contributed by atoms with Gasteiger partial charge in [-0.25, -0.2) is 8.42 Å². The fourth-order valence-corrected chi connectivity index (χ4v) is 4.96. The van der Waals surface area contributed by atoms with Gasteiger partial charge < -0.3 is 10.2 Å². The molecule has 2 N–H and O–H groups in total. The van der Waals surface area contributed by atoms with E-state index in [1.165, 1.54) is 12.1 Å². The molecule has 8 heteroatoms. The highest BCUT2D eigenvalue weighted by Crippen LogP contribution is 2.22. The molecule has 164 valence electrons. The van der Waals surface area contributed by atoms with Crippen molar-refractivity contribution in [2.75, 3.05) is 24.4 Å². The van der Waals surface area contributed by atoms with E-state index in [-0.39, 0.29) is 22.6 Å². The van der Waals surface area contributed by atoms with Crippen LogP contribution in [-0.2, 0) is 14.8 Å². The summed E-state index contributed by atoms with van der Waals surface area (Å²) >= 11 is 0. The number of aryl methyl sites for hydroxylation is 1. The van der Waals surface area contributed by atoms with E-state index in [0.29, 0.717) is 36.4 Å². The molecule has 1 aliphatic rings. The van der Waals surface area contributed by atoms with Crippen molar-refractivity contribution in [1.29, 1.82) is 0 Å². The fourth-order valence-electron chi connectivity index (χ4n) is 3.66. The number of rotatable bonds is 7. The number of hydrogen-bond donors (Lipinski definition) is 2. The number of likely N-dealkylation sites (tertiary alicyclic amines) is 1. The molecule has 1 fully saturated rings. The highest BCUT2D eigenvalue weighted by Gasteiger charge is 2.29. The van der Waals surface area contributed by atoms with E-state index in [1.807, 2.05) is 0 Å². The van der Waals surface area contributed by atoms with Gasteiger partial charge in [-0.15, -0.1) is 6.58 Å². The molecule has 2 amide bonds. The smallest absolute Gasteiger partial charge is 0.262 e. The predicted molar refractivity (Wildman–Crippen MR) is 120 cm³/mol. The summed E-state index contributed by atoms with van der Waals surface area (Å²) in [5.74, 6) is -0.573. The average Bonchev–Trinajstić information content (AvgIpc) is 2.77. The maximum absolute atomic E-state index is 13.0. The Bertz CT molecular complexity index is 1080. The zero-order chi connectivity index (χ0) is 22.4. The van der Waals surface area contributed by atoms with Crippen molar-refractivity contribution in [3.05, 3.63) is 72.3 Å². The highest BCUT2D eigenvalue weighted by molar-refractivity contribution is 7.92. The molecule has 0 aromatic heterocycles. The molecule has 0 aliphatic carbocycles. The minimum absolute atomic E-state index is 0.0860. The van der Waals surface area contributed by atoms with Crippen molar-refractivity contribution in [2.24, 2.45) is 5.92 Å². The van der Waals surface area contributed by atoms with Crippen LogP contribution in [-0.4, -0.2) is 44.8 Å². The lowest BCUT2D eigenvalue weighted by atomic mass is 9.96. The van der Waals surface area contributed by atoms with Crippen LogP contribution in [0.5, 0.6) is 0 Å².